The van der Waals surface area contributed by atoms with Crippen molar-refractivity contribution in [1.29, 1.82) is 0 Å². The van der Waals surface area contributed by atoms with E-state index in [1.165, 1.54) is 32.1 Å². The van der Waals surface area contributed by atoms with Crippen LogP contribution in [0, 0.1) is 5.92 Å². The molecular formula is C16H26N2O2. The van der Waals surface area contributed by atoms with Crippen molar-refractivity contribution >= 4 is 0 Å². The zero-order valence-corrected chi connectivity index (χ0v) is 12.2. The Balaban J connectivity index is 1.56. The van der Waals surface area contributed by atoms with Crippen molar-refractivity contribution < 1.29 is 9.84 Å². The Hall–Kier alpha value is -0.870. The second-order valence-electron chi connectivity index (χ2n) is 6.30. The predicted molar refractivity (Wildman–Crippen MR) is 77.6 cm³/mol. The Morgan fingerprint density at radius 1 is 1.20 bits per heavy atom. The van der Waals surface area contributed by atoms with E-state index in [-0.39, 0.29) is 6.10 Å². The summed E-state index contributed by atoms with van der Waals surface area (Å²) in [6.07, 6.45) is 11.0. The van der Waals surface area contributed by atoms with E-state index >= 15 is 0 Å². The van der Waals surface area contributed by atoms with E-state index < -0.39 is 0 Å². The van der Waals surface area contributed by atoms with E-state index in [1.54, 1.807) is 0 Å². The summed E-state index contributed by atoms with van der Waals surface area (Å²) in [6, 6.07) is 2.66. The number of hydrogen-bond acceptors (Lipinski definition) is 3. The lowest BCUT2D eigenvalue weighted by atomic mass is 9.91. The van der Waals surface area contributed by atoms with Crippen LogP contribution in [-0.4, -0.2) is 34.2 Å². The largest absolute Gasteiger partial charge is 0.392 e. The summed E-state index contributed by atoms with van der Waals surface area (Å²) in [5, 5.41) is 15.0. The number of aliphatic hydroxyl groups excluding tert-OH is 1. The van der Waals surface area contributed by atoms with Crippen molar-refractivity contribution in [2.24, 2.45) is 5.92 Å². The number of rotatable bonds is 4. The van der Waals surface area contributed by atoms with Crippen molar-refractivity contribution in [3.8, 4) is 0 Å². The predicted octanol–water partition coefficient (Wildman–Crippen LogP) is 2.72. The Morgan fingerprint density at radius 3 is 2.70 bits per heavy atom. The Morgan fingerprint density at radius 2 is 1.95 bits per heavy atom. The third-order valence-electron chi connectivity index (χ3n) is 4.84. The fourth-order valence-corrected chi connectivity index (χ4v) is 3.52. The molecule has 0 amide bonds. The molecule has 1 unspecified atom stereocenters. The molecular weight excluding hydrogens is 252 g/mol. The van der Waals surface area contributed by atoms with Crippen LogP contribution in [0.5, 0.6) is 0 Å². The summed E-state index contributed by atoms with van der Waals surface area (Å²) in [4.78, 5) is 0. The van der Waals surface area contributed by atoms with Gasteiger partial charge in [0.2, 0.25) is 0 Å². The highest BCUT2D eigenvalue weighted by molar-refractivity contribution is 5.02. The Kier molecular flexibility index (Phi) is 4.73. The van der Waals surface area contributed by atoms with Gasteiger partial charge < -0.3 is 9.84 Å². The first kappa shape index (κ1) is 14.1. The molecule has 20 heavy (non-hydrogen) atoms. The quantitative estimate of drug-likeness (QED) is 0.921. The van der Waals surface area contributed by atoms with E-state index in [0.29, 0.717) is 18.4 Å². The Labute approximate surface area is 121 Å². The van der Waals surface area contributed by atoms with Crippen LogP contribution in [0.1, 0.15) is 56.7 Å². The maximum Gasteiger partial charge on any atom is 0.0650 e. The summed E-state index contributed by atoms with van der Waals surface area (Å²) in [5.74, 6) is 0.378. The van der Waals surface area contributed by atoms with Gasteiger partial charge in [-0.15, -0.1) is 0 Å². The normalized spacial score (nSPS) is 23.9. The summed E-state index contributed by atoms with van der Waals surface area (Å²) in [7, 11) is 0. The molecule has 0 aromatic carbocycles. The van der Waals surface area contributed by atoms with Crippen LogP contribution in [0.3, 0.4) is 0 Å². The molecule has 112 valence electrons. The van der Waals surface area contributed by atoms with E-state index in [4.69, 9.17) is 9.84 Å². The molecule has 2 aliphatic rings. The van der Waals surface area contributed by atoms with Crippen molar-refractivity contribution in [2.75, 3.05) is 13.2 Å². The fraction of sp³-hybridized carbons (Fsp3) is 0.812. The van der Waals surface area contributed by atoms with E-state index in [2.05, 4.69) is 16.9 Å². The molecule has 0 spiro atoms. The summed E-state index contributed by atoms with van der Waals surface area (Å²) in [5.41, 5.74) is 1.04. The van der Waals surface area contributed by atoms with Crippen LogP contribution in [-0.2, 0) is 11.2 Å². The molecule has 1 N–H and O–H groups in total. The first-order valence-corrected chi connectivity index (χ1v) is 8.13. The van der Waals surface area contributed by atoms with Gasteiger partial charge in [0, 0.05) is 25.8 Å². The fourth-order valence-electron chi connectivity index (χ4n) is 3.52. The van der Waals surface area contributed by atoms with Crippen molar-refractivity contribution in [3.63, 3.8) is 0 Å². The second-order valence-corrected chi connectivity index (χ2v) is 6.30. The first-order chi connectivity index (χ1) is 9.83. The lowest BCUT2D eigenvalue weighted by molar-refractivity contribution is 0.00799. The number of ether oxygens (including phenoxy) is 1. The lowest BCUT2D eigenvalue weighted by Gasteiger charge is -2.26. The molecule has 1 aromatic rings. The average Bonchev–Trinajstić information content (AvgIpc) is 2.97. The van der Waals surface area contributed by atoms with E-state index in [0.717, 1.165) is 31.7 Å². The van der Waals surface area contributed by atoms with Crippen LogP contribution < -0.4 is 0 Å². The van der Waals surface area contributed by atoms with Gasteiger partial charge in [-0.1, -0.05) is 19.3 Å². The maximum atomic E-state index is 10.3. The highest BCUT2D eigenvalue weighted by atomic mass is 16.5. The minimum absolute atomic E-state index is 0.270. The van der Waals surface area contributed by atoms with Crippen LogP contribution in [0.15, 0.2) is 12.3 Å². The minimum Gasteiger partial charge on any atom is -0.392 e. The molecule has 2 heterocycles. The van der Waals surface area contributed by atoms with Crippen LogP contribution in [0.4, 0.5) is 0 Å². The number of nitrogens with zero attached hydrogens (tertiary/aromatic N) is 2. The highest BCUT2D eigenvalue weighted by Gasteiger charge is 2.23. The van der Waals surface area contributed by atoms with Gasteiger partial charge in [0.1, 0.15) is 0 Å². The van der Waals surface area contributed by atoms with Gasteiger partial charge in [0.25, 0.3) is 0 Å². The molecule has 1 aliphatic heterocycles. The number of hydrogen-bond donors (Lipinski definition) is 1. The molecule has 1 aromatic heterocycles. The van der Waals surface area contributed by atoms with Gasteiger partial charge in [0.05, 0.1) is 17.8 Å². The van der Waals surface area contributed by atoms with Gasteiger partial charge in [-0.2, -0.15) is 5.10 Å². The molecule has 4 heteroatoms. The average molecular weight is 278 g/mol. The molecule has 2 fully saturated rings. The van der Waals surface area contributed by atoms with Crippen molar-refractivity contribution in [1.82, 2.24) is 9.78 Å². The molecule has 4 nitrogen and oxygen atoms in total. The summed E-state index contributed by atoms with van der Waals surface area (Å²) in [6.45, 7) is 1.58. The molecule has 3 rings (SSSR count). The summed E-state index contributed by atoms with van der Waals surface area (Å²) < 4.78 is 7.48. The van der Waals surface area contributed by atoms with E-state index in [1.807, 2.05) is 0 Å². The second kappa shape index (κ2) is 6.72. The van der Waals surface area contributed by atoms with Gasteiger partial charge >= 0.3 is 0 Å². The molecule has 0 bridgehead atoms. The molecule has 1 saturated heterocycles. The molecule has 1 saturated carbocycles. The van der Waals surface area contributed by atoms with Crippen LogP contribution in [0.25, 0.3) is 0 Å². The third kappa shape index (κ3) is 3.41. The Bertz CT molecular complexity index is 406. The maximum absolute atomic E-state index is 10.3. The monoisotopic (exact) mass is 278 g/mol. The lowest BCUT2D eigenvalue weighted by Crippen LogP contribution is -2.29. The van der Waals surface area contributed by atoms with Gasteiger partial charge in [-0.25, -0.2) is 0 Å². The first-order valence-electron chi connectivity index (χ1n) is 8.13. The number of aromatic nitrogens is 2. The zero-order chi connectivity index (χ0) is 13.8. The van der Waals surface area contributed by atoms with E-state index in [9.17, 15) is 5.11 Å². The molecule has 1 aliphatic carbocycles. The van der Waals surface area contributed by atoms with Crippen LogP contribution in [0.2, 0.25) is 0 Å². The van der Waals surface area contributed by atoms with Gasteiger partial charge in [0.15, 0.2) is 0 Å². The van der Waals surface area contributed by atoms with Gasteiger partial charge in [-0.3, -0.25) is 4.68 Å². The minimum atomic E-state index is -0.270. The number of aliphatic hydroxyl groups is 1. The topological polar surface area (TPSA) is 47.3 Å². The third-order valence-corrected chi connectivity index (χ3v) is 4.84. The standard InChI is InChI=1S/C16H26N2O2/c19-16(13-7-10-20-11-8-13)12-14-6-9-18(17-14)15-4-2-1-3-5-15/h6,9,13,15-16,19H,1-5,7-8,10-12H2. The zero-order valence-electron chi connectivity index (χ0n) is 12.2. The molecule has 1 atom stereocenters. The smallest absolute Gasteiger partial charge is 0.0650 e. The van der Waals surface area contributed by atoms with Gasteiger partial charge in [-0.05, 0) is 37.7 Å². The van der Waals surface area contributed by atoms with Crippen molar-refractivity contribution in [2.45, 2.75) is 63.5 Å². The van der Waals surface area contributed by atoms with Crippen molar-refractivity contribution in [3.05, 3.63) is 18.0 Å². The highest BCUT2D eigenvalue weighted by Crippen LogP contribution is 2.28. The summed E-state index contributed by atoms with van der Waals surface area (Å²) >= 11 is 0. The molecule has 0 radical (unpaired) electrons. The SMILES string of the molecule is OC(Cc1ccn(C2CCCCC2)n1)C1CCOCC1. The van der Waals surface area contributed by atoms with Crippen LogP contribution >= 0.6 is 0 Å².